The third kappa shape index (κ3) is 3.21. The maximum atomic E-state index is 12.5. The zero-order chi connectivity index (χ0) is 15.5. The monoisotopic (exact) mass is 318 g/mol. The minimum Gasteiger partial charge on any atom is -0.342 e. The van der Waals surface area contributed by atoms with Crippen molar-refractivity contribution >= 4 is 17.2 Å². The fraction of sp³-hybridized carbons (Fsp3) is 0.562. The molecule has 1 aliphatic rings. The maximum absolute atomic E-state index is 12.5. The summed E-state index contributed by atoms with van der Waals surface area (Å²) in [4.78, 5) is 18.9. The molecule has 0 aliphatic carbocycles. The lowest BCUT2D eigenvalue weighted by molar-refractivity contribution is -0.132. The Hall–Kier alpha value is -1.69. The van der Waals surface area contributed by atoms with Crippen LogP contribution >= 0.6 is 11.3 Å². The van der Waals surface area contributed by atoms with Crippen molar-refractivity contribution in [2.24, 2.45) is 0 Å². The van der Waals surface area contributed by atoms with E-state index in [0.29, 0.717) is 12.3 Å². The molecule has 6 heteroatoms. The number of aromatic amines is 1. The number of amides is 1. The minimum absolute atomic E-state index is 0.251. The summed E-state index contributed by atoms with van der Waals surface area (Å²) in [7, 11) is 0. The van der Waals surface area contributed by atoms with E-state index < -0.39 is 0 Å². The number of carbonyl (C=O) groups excluding carboxylic acids is 1. The topological polar surface area (TPSA) is 61.9 Å². The lowest BCUT2D eigenvalue weighted by Crippen LogP contribution is -2.39. The second-order valence-electron chi connectivity index (χ2n) is 5.96. The number of likely N-dealkylation sites (tertiary alicyclic amines) is 1. The van der Waals surface area contributed by atoms with Gasteiger partial charge in [0.1, 0.15) is 0 Å². The molecule has 1 atom stereocenters. The van der Waals surface area contributed by atoms with Crippen LogP contribution in [0.5, 0.6) is 0 Å². The van der Waals surface area contributed by atoms with E-state index in [4.69, 9.17) is 0 Å². The molecule has 22 heavy (non-hydrogen) atoms. The fourth-order valence-electron chi connectivity index (χ4n) is 3.17. The Morgan fingerprint density at radius 2 is 2.36 bits per heavy atom. The van der Waals surface area contributed by atoms with Gasteiger partial charge in [0.2, 0.25) is 5.91 Å². The van der Waals surface area contributed by atoms with Crippen LogP contribution in [0.15, 0.2) is 11.6 Å². The summed E-state index contributed by atoms with van der Waals surface area (Å²) in [5.74, 6) is 0.663. The summed E-state index contributed by atoms with van der Waals surface area (Å²) < 4.78 is 0. The van der Waals surface area contributed by atoms with E-state index in [1.54, 1.807) is 11.3 Å². The zero-order valence-corrected chi connectivity index (χ0v) is 13.9. The molecule has 0 saturated carbocycles. The van der Waals surface area contributed by atoms with Gasteiger partial charge in [-0.2, -0.15) is 5.10 Å². The minimum atomic E-state index is 0.251. The van der Waals surface area contributed by atoms with Crippen LogP contribution < -0.4 is 0 Å². The van der Waals surface area contributed by atoms with E-state index in [0.717, 1.165) is 43.7 Å². The number of rotatable bonds is 4. The molecule has 0 unspecified atom stereocenters. The third-order valence-electron chi connectivity index (χ3n) is 4.44. The number of aromatic nitrogens is 3. The van der Waals surface area contributed by atoms with Crippen molar-refractivity contribution < 1.29 is 4.79 Å². The van der Waals surface area contributed by atoms with Gasteiger partial charge in [0.05, 0.1) is 10.7 Å². The van der Waals surface area contributed by atoms with Crippen LogP contribution in [0.2, 0.25) is 0 Å². The molecule has 118 valence electrons. The number of H-pyrrole nitrogens is 1. The molecular formula is C16H22N4OS. The second kappa shape index (κ2) is 6.60. The fourth-order valence-corrected chi connectivity index (χ4v) is 3.94. The van der Waals surface area contributed by atoms with Gasteiger partial charge in [-0.1, -0.05) is 0 Å². The highest BCUT2D eigenvalue weighted by Gasteiger charge is 2.26. The lowest BCUT2D eigenvalue weighted by Gasteiger charge is -2.32. The summed E-state index contributed by atoms with van der Waals surface area (Å²) >= 11 is 1.70. The molecule has 2 aromatic heterocycles. The molecule has 0 spiro atoms. The van der Waals surface area contributed by atoms with Crippen molar-refractivity contribution in [1.82, 2.24) is 20.1 Å². The molecule has 0 aromatic carbocycles. The lowest BCUT2D eigenvalue weighted by atomic mass is 9.98. The quantitative estimate of drug-likeness (QED) is 0.943. The Morgan fingerprint density at radius 3 is 3.05 bits per heavy atom. The van der Waals surface area contributed by atoms with Gasteiger partial charge in [-0.25, -0.2) is 4.98 Å². The van der Waals surface area contributed by atoms with Crippen LogP contribution in [-0.4, -0.2) is 39.1 Å². The zero-order valence-electron chi connectivity index (χ0n) is 13.1. The number of thiazole rings is 1. The molecule has 5 nitrogen and oxygen atoms in total. The molecule has 0 radical (unpaired) electrons. The smallest absolute Gasteiger partial charge is 0.222 e. The van der Waals surface area contributed by atoms with Crippen LogP contribution in [0, 0.1) is 13.8 Å². The highest BCUT2D eigenvalue weighted by molar-refractivity contribution is 7.09. The van der Waals surface area contributed by atoms with E-state index in [1.165, 1.54) is 10.6 Å². The van der Waals surface area contributed by atoms with Crippen molar-refractivity contribution in [3.8, 4) is 0 Å². The van der Waals surface area contributed by atoms with E-state index in [9.17, 15) is 4.79 Å². The first-order chi connectivity index (χ1) is 10.6. The maximum Gasteiger partial charge on any atom is 0.222 e. The van der Waals surface area contributed by atoms with Gasteiger partial charge in [-0.05, 0) is 38.7 Å². The van der Waals surface area contributed by atoms with E-state index in [1.807, 2.05) is 30.3 Å². The SMILES string of the molecule is Cc1n[nH]c(C)c1CCC(=O)N1CCC[C@@H](c2nccs2)C1. The summed E-state index contributed by atoms with van der Waals surface area (Å²) in [5.41, 5.74) is 3.26. The summed E-state index contributed by atoms with van der Waals surface area (Å²) in [6.07, 6.45) is 5.39. The first-order valence-electron chi connectivity index (χ1n) is 7.82. The molecule has 1 aliphatic heterocycles. The van der Waals surface area contributed by atoms with E-state index in [-0.39, 0.29) is 5.91 Å². The average Bonchev–Trinajstić information content (AvgIpc) is 3.16. The molecule has 2 aromatic rings. The van der Waals surface area contributed by atoms with Crippen LogP contribution in [0.3, 0.4) is 0 Å². The number of hydrogen-bond acceptors (Lipinski definition) is 4. The summed E-state index contributed by atoms with van der Waals surface area (Å²) in [6.45, 7) is 5.70. The van der Waals surface area contributed by atoms with Gasteiger partial charge in [-0.15, -0.1) is 11.3 Å². The molecule has 1 amide bonds. The Kier molecular flexibility index (Phi) is 4.57. The number of hydrogen-bond donors (Lipinski definition) is 1. The van der Waals surface area contributed by atoms with Gasteiger partial charge < -0.3 is 4.90 Å². The van der Waals surface area contributed by atoms with Gasteiger partial charge in [-0.3, -0.25) is 9.89 Å². The van der Waals surface area contributed by atoms with E-state index in [2.05, 4.69) is 15.2 Å². The third-order valence-corrected chi connectivity index (χ3v) is 5.38. The second-order valence-corrected chi connectivity index (χ2v) is 6.89. The Bertz CT molecular complexity index is 615. The summed E-state index contributed by atoms with van der Waals surface area (Å²) in [5, 5.41) is 10.4. The van der Waals surface area contributed by atoms with Crippen molar-refractivity contribution in [2.75, 3.05) is 13.1 Å². The van der Waals surface area contributed by atoms with Crippen LogP contribution in [-0.2, 0) is 11.2 Å². The molecule has 1 N–H and O–H groups in total. The first-order valence-corrected chi connectivity index (χ1v) is 8.70. The molecule has 0 bridgehead atoms. The highest BCUT2D eigenvalue weighted by atomic mass is 32.1. The van der Waals surface area contributed by atoms with Crippen molar-refractivity contribution in [3.05, 3.63) is 33.5 Å². The summed E-state index contributed by atoms with van der Waals surface area (Å²) in [6, 6.07) is 0. The predicted molar refractivity (Wildman–Crippen MR) is 87.1 cm³/mol. The highest BCUT2D eigenvalue weighted by Crippen LogP contribution is 2.28. The number of piperidine rings is 1. The molecular weight excluding hydrogens is 296 g/mol. The molecule has 3 heterocycles. The van der Waals surface area contributed by atoms with Crippen LogP contribution in [0.25, 0.3) is 0 Å². The van der Waals surface area contributed by atoms with Gasteiger partial charge in [0, 0.05) is 42.7 Å². The van der Waals surface area contributed by atoms with Crippen LogP contribution in [0.4, 0.5) is 0 Å². The van der Waals surface area contributed by atoms with Crippen molar-refractivity contribution in [1.29, 1.82) is 0 Å². The van der Waals surface area contributed by atoms with Crippen LogP contribution in [0.1, 0.15) is 47.1 Å². The van der Waals surface area contributed by atoms with Crippen molar-refractivity contribution in [3.63, 3.8) is 0 Å². The Balaban J connectivity index is 1.58. The largest absolute Gasteiger partial charge is 0.342 e. The number of nitrogens with one attached hydrogen (secondary N) is 1. The van der Waals surface area contributed by atoms with Gasteiger partial charge in [0.25, 0.3) is 0 Å². The van der Waals surface area contributed by atoms with E-state index >= 15 is 0 Å². The van der Waals surface area contributed by atoms with Gasteiger partial charge >= 0.3 is 0 Å². The standard InChI is InChI=1S/C16H22N4OS/c1-11-14(12(2)19-18-11)5-6-15(21)20-8-3-4-13(10-20)16-17-7-9-22-16/h7,9,13H,3-6,8,10H2,1-2H3,(H,18,19)/t13-/m1/s1. The molecule has 1 fully saturated rings. The molecule has 1 saturated heterocycles. The van der Waals surface area contributed by atoms with Gasteiger partial charge in [0.15, 0.2) is 0 Å². The predicted octanol–water partition coefficient (Wildman–Crippen LogP) is 2.82. The normalized spacial score (nSPS) is 18.6. The Labute approximate surface area is 134 Å². The first kappa shape index (κ1) is 15.2. The van der Waals surface area contributed by atoms with Crippen molar-refractivity contribution in [2.45, 2.75) is 45.4 Å². The molecule has 3 rings (SSSR count). The number of nitrogens with zero attached hydrogens (tertiary/aromatic N) is 3. The number of aryl methyl sites for hydroxylation is 2. The Morgan fingerprint density at radius 1 is 1.50 bits per heavy atom. The average molecular weight is 318 g/mol. The number of carbonyl (C=O) groups is 1.